The summed E-state index contributed by atoms with van der Waals surface area (Å²) >= 11 is 0. The standard InChI is InChI=1S/C17H19N3O7S/c1-25-15-7-11(8-16(26-2)17(15)27-3)28(23,24)19-14-9-18-13-5-4-10(20(21)22)6-12(13)14/h4-8,14,18-19H,9H2,1-3H3. The zero-order valence-corrected chi connectivity index (χ0v) is 16.2. The van der Waals surface area contributed by atoms with Crippen molar-refractivity contribution in [1.29, 1.82) is 0 Å². The largest absolute Gasteiger partial charge is 0.493 e. The van der Waals surface area contributed by atoms with Gasteiger partial charge in [-0.25, -0.2) is 13.1 Å². The SMILES string of the molecule is COc1cc(S(=O)(=O)NC2CNc3ccc([N+](=O)[O-])cc32)cc(OC)c1OC. The average molecular weight is 409 g/mol. The number of non-ortho nitro benzene ring substituents is 1. The van der Waals surface area contributed by atoms with Gasteiger partial charge in [-0.05, 0) is 6.07 Å². The summed E-state index contributed by atoms with van der Waals surface area (Å²) < 4.78 is 44.0. The number of ether oxygens (including phenoxy) is 3. The Morgan fingerprint density at radius 1 is 1.11 bits per heavy atom. The van der Waals surface area contributed by atoms with Crippen molar-refractivity contribution >= 4 is 21.4 Å². The number of hydrogen-bond acceptors (Lipinski definition) is 8. The van der Waals surface area contributed by atoms with Crippen LogP contribution in [0.1, 0.15) is 11.6 Å². The lowest BCUT2D eigenvalue weighted by Gasteiger charge is -2.17. The van der Waals surface area contributed by atoms with Crippen LogP contribution in [0.2, 0.25) is 0 Å². The Kier molecular flexibility index (Phi) is 5.29. The smallest absolute Gasteiger partial charge is 0.269 e. The fraction of sp³-hybridized carbons (Fsp3) is 0.294. The molecule has 0 aliphatic carbocycles. The highest BCUT2D eigenvalue weighted by Crippen LogP contribution is 2.40. The Bertz CT molecular complexity index is 998. The first-order valence-electron chi connectivity index (χ1n) is 8.15. The number of rotatable bonds is 7. The van der Waals surface area contributed by atoms with Gasteiger partial charge in [-0.15, -0.1) is 0 Å². The minimum absolute atomic E-state index is 0.0825. The molecule has 1 aliphatic rings. The Balaban J connectivity index is 1.96. The number of nitro groups is 1. The van der Waals surface area contributed by atoms with Crippen LogP contribution < -0.4 is 24.2 Å². The Morgan fingerprint density at radius 3 is 2.29 bits per heavy atom. The molecular formula is C17H19N3O7S. The monoisotopic (exact) mass is 409 g/mol. The highest BCUT2D eigenvalue weighted by atomic mass is 32.2. The normalized spacial score (nSPS) is 15.5. The molecule has 2 aromatic rings. The molecule has 0 spiro atoms. The third kappa shape index (κ3) is 3.53. The van der Waals surface area contributed by atoms with Gasteiger partial charge in [-0.3, -0.25) is 10.1 Å². The summed E-state index contributed by atoms with van der Waals surface area (Å²) in [6.07, 6.45) is 0. The van der Waals surface area contributed by atoms with Crippen molar-refractivity contribution in [3.63, 3.8) is 0 Å². The third-order valence-corrected chi connectivity index (χ3v) is 5.82. The summed E-state index contributed by atoms with van der Waals surface area (Å²) in [7, 11) is 0.205. The van der Waals surface area contributed by atoms with Crippen LogP contribution in [-0.2, 0) is 10.0 Å². The molecule has 28 heavy (non-hydrogen) atoms. The summed E-state index contributed by atoms with van der Waals surface area (Å²) in [5.41, 5.74) is 1.04. The zero-order valence-electron chi connectivity index (χ0n) is 15.4. The maximum atomic E-state index is 12.9. The van der Waals surface area contributed by atoms with E-state index in [1.54, 1.807) is 6.07 Å². The molecule has 0 radical (unpaired) electrons. The Labute approximate surface area is 161 Å². The van der Waals surface area contributed by atoms with Crippen molar-refractivity contribution in [2.75, 3.05) is 33.2 Å². The quantitative estimate of drug-likeness (QED) is 0.525. The van der Waals surface area contributed by atoms with E-state index in [9.17, 15) is 18.5 Å². The number of anilines is 1. The minimum Gasteiger partial charge on any atom is -0.493 e. The molecule has 1 atom stereocenters. The zero-order chi connectivity index (χ0) is 20.5. The predicted molar refractivity (Wildman–Crippen MR) is 101 cm³/mol. The molecular weight excluding hydrogens is 390 g/mol. The second-order valence-corrected chi connectivity index (χ2v) is 7.66. The van der Waals surface area contributed by atoms with E-state index in [1.807, 2.05) is 0 Å². The van der Waals surface area contributed by atoms with Gasteiger partial charge in [0, 0.05) is 42.1 Å². The number of benzene rings is 2. The van der Waals surface area contributed by atoms with Gasteiger partial charge in [0.25, 0.3) is 5.69 Å². The summed E-state index contributed by atoms with van der Waals surface area (Å²) in [5.74, 6) is 0.665. The van der Waals surface area contributed by atoms with Gasteiger partial charge >= 0.3 is 0 Å². The van der Waals surface area contributed by atoms with Gasteiger partial charge in [0.05, 0.1) is 37.2 Å². The number of sulfonamides is 1. The number of nitrogens with one attached hydrogen (secondary N) is 2. The van der Waals surface area contributed by atoms with Gasteiger partial charge in [-0.1, -0.05) is 0 Å². The fourth-order valence-corrected chi connectivity index (χ4v) is 4.25. The van der Waals surface area contributed by atoms with E-state index < -0.39 is 21.0 Å². The van der Waals surface area contributed by atoms with Crippen molar-refractivity contribution in [3.8, 4) is 17.2 Å². The first kappa shape index (κ1) is 19.7. The summed E-state index contributed by atoms with van der Waals surface area (Å²) in [6, 6.07) is 6.25. The first-order chi connectivity index (χ1) is 13.3. The lowest BCUT2D eigenvalue weighted by Crippen LogP contribution is -2.29. The number of methoxy groups -OCH3 is 3. The molecule has 1 unspecified atom stereocenters. The van der Waals surface area contributed by atoms with Gasteiger partial charge < -0.3 is 19.5 Å². The molecule has 0 saturated carbocycles. The van der Waals surface area contributed by atoms with Gasteiger partial charge in [0.1, 0.15) is 0 Å². The van der Waals surface area contributed by atoms with Crippen LogP contribution in [0.25, 0.3) is 0 Å². The summed E-state index contributed by atoms with van der Waals surface area (Å²) in [5, 5.41) is 14.1. The van der Waals surface area contributed by atoms with Crippen molar-refractivity contribution in [3.05, 3.63) is 46.0 Å². The van der Waals surface area contributed by atoms with Crippen molar-refractivity contribution in [2.24, 2.45) is 0 Å². The predicted octanol–water partition coefficient (Wildman–Crippen LogP) is 2.07. The molecule has 0 saturated heterocycles. The van der Waals surface area contributed by atoms with E-state index in [4.69, 9.17) is 14.2 Å². The molecule has 2 N–H and O–H groups in total. The van der Waals surface area contributed by atoms with Crippen molar-refractivity contribution in [2.45, 2.75) is 10.9 Å². The molecule has 0 bridgehead atoms. The lowest BCUT2D eigenvalue weighted by molar-refractivity contribution is -0.384. The van der Waals surface area contributed by atoms with E-state index in [-0.39, 0.29) is 34.4 Å². The highest BCUT2D eigenvalue weighted by molar-refractivity contribution is 7.89. The molecule has 0 amide bonds. The summed E-state index contributed by atoms with van der Waals surface area (Å²) in [6.45, 7) is 0.264. The molecule has 1 aliphatic heterocycles. The van der Waals surface area contributed by atoms with E-state index in [1.165, 1.54) is 45.6 Å². The van der Waals surface area contributed by atoms with Gasteiger partial charge in [0.15, 0.2) is 11.5 Å². The van der Waals surface area contributed by atoms with Crippen LogP contribution in [0.3, 0.4) is 0 Å². The van der Waals surface area contributed by atoms with E-state index in [0.29, 0.717) is 11.3 Å². The molecule has 11 heteroatoms. The topological polar surface area (TPSA) is 129 Å². The second-order valence-electron chi connectivity index (χ2n) is 5.94. The van der Waals surface area contributed by atoms with Crippen LogP contribution in [0.4, 0.5) is 11.4 Å². The Morgan fingerprint density at radius 2 is 1.75 bits per heavy atom. The Hall–Kier alpha value is -3.05. The number of fused-ring (bicyclic) bond motifs is 1. The highest BCUT2D eigenvalue weighted by Gasteiger charge is 2.30. The second kappa shape index (κ2) is 7.52. The van der Waals surface area contributed by atoms with Crippen molar-refractivity contribution < 1.29 is 27.6 Å². The number of nitro benzene ring substituents is 1. The van der Waals surface area contributed by atoms with Crippen LogP contribution in [0.5, 0.6) is 17.2 Å². The van der Waals surface area contributed by atoms with E-state index in [2.05, 4.69) is 10.0 Å². The maximum absolute atomic E-state index is 12.9. The van der Waals surface area contributed by atoms with Crippen LogP contribution >= 0.6 is 0 Å². The molecule has 2 aromatic carbocycles. The van der Waals surface area contributed by atoms with E-state index in [0.717, 1.165) is 0 Å². The third-order valence-electron chi connectivity index (χ3n) is 4.36. The number of nitrogens with zero attached hydrogens (tertiary/aromatic N) is 1. The molecule has 0 aromatic heterocycles. The van der Waals surface area contributed by atoms with E-state index >= 15 is 0 Å². The minimum atomic E-state index is -3.99. The number of hydrogen-bond donors (Lipinski definition) is 2. The molecule has 150 valence electrons. The molecule has 10 nitrogen and oxygen atoms in total. The van der Waals surface area contributed by atoms with Crippen molar-refractivity contribution in [1.82, 2.24) is 4.72 Å². The van der Waals surface area contributed by atoms with Crippen LogP contribution in [0, 0.1) is 10.1 Å². The lowest BCUT2D eigenvalue weighted by atomic mass is 10.1. The van der Waals surface area contributed by atoms with Gasteiger partial charge in [0.2, 0.25) is 15.8 Å². The van der Waals surface area contributed by atoms with Crippen LogP contribution in [-0.4, -0.2) is 41.2 Å². The maximum Gasteiger partial charge on any atom is 0.269 e. The molecule has 1 heterocycles. The first-order valence-corrected chi connectivity index (χ1v) is 9.63. The molecule has 0 fully saturated rings. The van der Waals surface area contributed by atoms with Gasteiger partial charge in [-0.2, -0.15) is 0 Å². The van der Waals surface area contributed by atoms with Crippen LogP contribution in [0.15, 0.2) is 35.2 Å². The summed E-state index contributed by atoms with van der Waals surface area (Å²) in [4.78, 5) is 10.4. The average Bonchev–Trinajstić information content (AvgIpc) is 3.07. The fourth-order valence-electron chi connectivity index (χ4n) is 3.01. The molecule has 3 rings (SSSR count).